The maximum absolute atomic E-state index is 5.81. The van der Waals surface area contributed by atoms with Crippen molar-refractivity contribution >= 4 is 17.3 Å². The summed E-state index contributed by atoms with van der Waals surface area (Å²) >= 11 is 5.81. The van der Waals surface area contributed by atoms with Crippen LogP contribution in [0.4, 0.5) is 5.69 Å². The Balaban J connectivity index is 2.28. The molecule has 6 heteroatoms. The van der Waals surface area contributed by atoms with Crippen molar-refractivity contribution in [3.63, 3.8) is 0 Å². The fourth-order valence-corrected chi connectivity index (χ4v) is 1.70. The third-order valence-corrected chi connectivity index (χ3v) is 2.61. The molecular formula is C12H15ClN4O. The van der Waals surface area contributed by atoms with Gasteiger partial charge in [0.15, 0.2) is 0 Å². The Labute approximate surface area is 110 Å². The standard InChI is InChI=1S/C12H15ClN4O/c13-12-7-17(8-16-12)10-3-2-9(15)6-11(10)18-5-1-4-14/h2-3,6-8H,1,4-5,14-15H2. The second kappa shape index (κ2) is 5.75. The van der Waals surface area contributed by atoms with Crippen LogP contribution in [0.25, 0.3) is 5.69 Å². The van der Waals surface area contributed by atoms with Crippen LogP contribution in [0, 0.1) is 0 Å². The van der Waals surface area contributed by atoms with Crippen molar-refractivity contribution in [1.82, 2.24) is 9.55 Å². The lowest BCUT2D eigenvalue weighted by atomic mass is 10.2. The molecule has 18 heavy (non-hydrogen) atoms. The van der Waals surface area contributed by atoms with Crippen molar-refractivity contribution < 1.29 is 4.74 Å². The van der Waals surface area contributed by atoms with E-state index in [-0.39, 0.29) is 0 Å². The highest BCUT2D eigenvalue weighted by Crippen LogP contribution is 2.26. The molecule has 0 saturated carbocycles. The Morgan fingerprint density at radius 3 is 2.89 bits per heavy atom. The number of anilines is 1. The maximum atomic E-state index is 5.81. The smallest absolute Gasteiger partial charge is 0.147 e. The molecule has 0 aliphatic heterocycles. The van der Waals surface area contributed by atoms with Gasteiger partial charge in [0.1, 0.15) is 17.2 Å². The first-order valence-electron chi connectivity index (χ1n) is 5.63. The summed E-state index contributed by atoms with van der Waals surface area (Å²) in [5.74, 6) is 0.692. The number of nitrogen functional groups attached to an aromatic ring is 1. The zero-order valence-corrected chi connectivity index (χ0v) is 10.6. The average Bonchev–Trinajstić information content (AvgIpc) is 2.76. The summed E-state index contributed by atoms with van der Waals surface area (Å²) in [7, 11) is 0. The minimum absolute atomic E-state index is 0.430. The molecule has 96 valence electrons. The number of nitrogens with zero attached hydrogens (tertiary/aromatic N) is 2. The number of hydrogen-bond donors (Lipinski definition) is 2. The van der Waals surface area contributed by atoms with Gasteiger partial charge in [-0.3, -0.25) is 0 Å². The van der Waals surface area contributed by atoms with E-state index in [1.54, 1.807) is 29.2 Å². The fourth-order valence-electron chi connectivity index (χ4n) is 1.56. The highest BCUT2D eigenvalue weighted by molar-refractivity contribution is 6.29. The second-order valence-corrected chi connectivity index (χ2v) is 4.21. The summed E-state index contributed by atoms with van der Waals surface area (Å²) in [6, 6.07) is 5.45. The predicted molar refractivity (Wildman–Crippen MR) is 72.2 cm³/mol. The monoisotopic (exact) mass is 266 g/mol. The number of benzene rings is 1. The molecule has 0 bridgehead atoms. The third-order valence-electron chi connectivity index (χ3n) is 2.42. The van der Waals surface area contributed by atoms with Gasteiger partial charge in [-0.1, -0.05) is 11.6 Å². The Kier molecular flexibility index (Phi) is 4.07. The van der Waals surface area contributed by atoms with Crippen LogP contribution in [0.5, 0.6) is 5.75 Å². The number of hydrogen-bond acceptors (Lipinski definition) is 4. The largest absolute Gasteiger partial charge is 0.491 e. The van der Waals surface area contributed by atoms with Crippen molar-refractivity contribution in [2.45, 2.75) is 6.42 Å². The van der Waals surface area contributed by atoms with Crippen LogP contribution < -0.4 is 16.2 Å². The van der Waals surface area contributed by atoms with Gasteiger partial charge in [0.25, 0.3) is 0 Å². The molecule has 1 aromatic carbocycles. The third kappa shape index (κ3) is 2.94. The van der Waals surface area contributed by atoms with Gasteiger partial charge in [-0.15, -0.1) is 0 Å². The zero-order chi connectivity index (χ0) is 13.0. The van der Waals surface area contributed by atoms with E-state index in [0.717, 1.165) is 12.1 Å². The molecule has 0 saturated heterocycles. The molecule has 0 atom stereocenters. The Morgan fingerprint density at radius 1 is 1.39 bits per heavy atom. The predicted octanol–water partition coefficient (Wildman–Crippen LogP) is 1.84. The first-order valence-corrected chi connectivity index (χ1v) is 6.01. The number of ether oxygens (including phenoxy) is 1. The van der Waals surface area contributed by atoms with E-state index in [0.29, 0.717) is 29.7 Å². The van der Waals surface area contributed by atoms with Crippen molar-refractivity contribution in [2.24, 2.45) is 5.73 Å². The van der Waals surface area contributed by atoms with Crippen LogP contribution in [-0.2, 0) is 0 Å². The van der Waals surface area contributed by atoms with Gasteiger partial charge in [0.2, 0.25) is 0 Å². The van der Waals surface area contributed by atoms with Gasteiger partial charge in [-0.05, 0) is 25.1 Å². The summed E-state index contributed by atoms with van der Waals surface area (Å²) in [6.07, 6.45) is 4.13. The molecule has 4 N–H and O–H groups in total. The zero-order valence-electron chi connectivity index (χ0n) is 9.84. The highest BCUT2D eigenvalue weighted by Gasteiger charge is 2.07. The molecule has 0 amide bonds. The van der Waals surface area contributed by atoms with Crippen LogP contribution in [0.1, 0.15) is 6.42 Å². The van der Waals surface area contributed by atoms with Crippen molar-refractivity contribution in [3.8, 4) is 11.4 Å². The molecule has 1 aromatic heterocycles. The van der Waals surface area contributed by atoms with Crippen molar-refractivity contribution in [1.29, 1.82) is 0 Å². The minimum atomic E-state index is 0.430. The second-order valence-electron chi connectivity index (χ2n) is 3.82. The quantitative estimate of drug-likeness (QED) is 0.639. The first-order chi connectivity index (χ1) is 8.70. The van der Waals surface area contributed by atoms with E-state index in [2.05, 4.69) is 4.98 Å². The molecule has 0 aliphatic rings. The van der Waals surface area contributed by atoms with Gasteiger partial charge < -0.3 is 20.8 Å². The summed E-state index contributed by atoms with van der Waals surface area (Å²) in [5.41, 5.74) is 12.7. The molecule has 1 heterocycles. The minimum Gasteiger partial charge on any atom is -0.491 e. The van der Waals surface area contributed by atoms with E-state index < -0.39 is 0 Å². The first kappa shape index (κ1) is 12.7. The number of aromatic nitrogens is 2. The molecule has 2 aromatic rings. The fraction of sp³-hybridized carbons (Fsp3) is 0.250. The topological polar surface area (TPSA) is 79.1 Å². The van der Waals surface area contributed by atoms with Gasteiger partial charge >= 0.3 is 0 Å². The number of halogens is 1. The average molecular weight is 267 g/mol. The number of imidazole rings is 1. The molecule has 0 fully saturated rings. The number of nitrogens with two attached hydrogens (primary N) is 2. The Morgan fingerprint density at radius 2 is 2.22 bits per heavy atom. The van der Waals surface area contributed by atoms with E-state index in [1.807, 2.05) is 6.07 Å². The lowest BCUT2D eigenvalue weighted by molar-refractivity contribution is 0.312. The van der Waals surface area contributed by atoms with E-state index in [4.69, 9.17) is 27.8 Å². The van der Waals surface area contributed by atoms with Crippen LogP contribution in [0.2, 0.25) is 5.15 Å². The van der Waals surface area contributed by atoms with Crippen LogP contribution in [-0.4, -0.2) is 22.7 Å². The lowest BCUT2D eigenvalue weighted by Gasteiger charge is -2.12. The lowest BCUT2D eigenvalue weighted by Crippen LogP contribution is -2.07. The van der Waals surface area contributed by atoms with Gasteiger partial charge in [-0.2, -0.15) is 0 Å². The Bertz CT molecular complexity index is 527. The van der Waals surface area contributed by atoms with Crippen molar-refractivity contribution in [3.05, 3.63) is 35.9 Å². The SMILES string of the molecule is NCCCOc1cc(N)ccc1-n1cnc(Cl)c1. The summed E-state index contributed by atoms with van der Waals surface area (Å²) in [6.45, 7) is 1.14. The number of rotatable bonds is 5. The molecule has 5 nitrogen and oxygen atoms in total. The molecule has 0 spiro atoms. The molecular weight excluding hydrogens is 252 g/mol. The van der Waals surface area contributed by atoms with Crippen LogP contribution in [0.3, 0.4) is 0 Å². The summed E-state index contributed by atoms with van der Waals surface area (Å²) < 4.78 is 7.46. The normalized spacial score (nSPS) is 10.6. The molecule has 0 radical (unpaired) electrons. The van der Waals surface area contributed by atoms with E-state index in [1.165, 1.54) is 0 Å². The van der Waals surface area contributed by atoms with Crippen LogP contribution >= 0.6 is 11.6 Å². The highest BCUT2D eigenvalue weighted by atomic mass is 35.5. The van der Waals surface area contributed by atoms with Crippen LogP contribution in [0.15, 0.2) is 30.7 Å². The molecule has 0 aliphatic carbocycles. The molecule has 0 unspecified atom stereocenters. The summed E-state index contributed by atoms with van der Waals surface area (Å²) in [5, 5.41) is 0.430. The summed E-state index contributed by atoms with van der Waals surface area (Å²) in [4.78, 5) is 3.97. The van der Waals surface area contributed by atoms with Crippen molar-refractivity contribution in [2.75, 3.05) is 18.9 Å². The van der Waals surface area contributed by atoms with Gasteiger partial charge in [-0.25, -0.2) is 4.98 Å². The van der Waals surface area contributed by atoms with Gasteiger partial charge in [0, 0.05) is 18.0 Å². The Hall–Kier alpha value is -1.72. The molecule has 2 rings (SSSR count). The van der Waals surface area contributed by atoms with E-state index >= 15 is 0 Å². The maximum Gasteiger partial charge on any atom is 0.147 e. The van der Waals surface area contributed by atoms with E-state index in [9.17, 15) is 0 Å². The van der Waals surface area contributed by atoms with Gasteiger partial charge in [0.05, 0.1) is 12.3 Å².